The van der Waals surface area contributed by atoms with E-state index >= 15 is 0 Å². The van der Waals surface area contributed by atoms with E-state index in [1.807, 2.05) is 0 Å². The number of fused-ring (bicyclic) bond motifs is 1. The SMILES string of the molecule is CCOC(=O)CNC(=O)Nc1c(Cl)cc(Cl)c2nsnc12. The van der Waals surface area contributed by atoms with E-state index in [0.717, 1.165) is 11.7 Å². The van der Waals surface area contributed by atoms with Gasteiger partial charge < -0.3 is 15.4 Å². The highest BCUT2D eigenvalue weighted by Crippen LogP contribution is 2.35. The number of halogens is 2. The van der Waals surface area contributed by atoms with Crippen LogP contribution in [0.4, 0.5) is 10.5 Å². The lowest BCUT2D eigenvalue weighted by Crippen LogP contribution is -2.34. The van der Waals surface area contributed by atoms with Crippen LogP contribution in [-0.4, -0.2) is 33.9 Å². The van der Waals surface area contributed by atoms with Crippen LogP contribution in [-0.2, 0) is 9.53 Å². The number of anilines is 1. The molecule has 0 aliphatic heterocycles. The molecule has 2 N–H and O–H groups in total. The fraction of sp³-hybridized carbons (Fsp3) is 0.273. The standard InChI is InChI=1S/C11H10Cl2N4O3S/c1-2-20-7(18)4-14-11(19)15-8-5(12)3-6(13)9-10(8)17-21-16-9/h3H,2,4H2,1H3,(H2,14,15,19). The number of rotatable bonds is 4. The van der Waals surface area contributed by atoms with Gasteiger partial charge in [-0.15, -0.1) is 0 Å². The molecule has 0 aliphatic carbocycles. The Labute approximate surface area is 133 Å². The number of carbonyl (C=O) groups is 2. The molecule has 21 heavy (non-hydrogen) atoms. The predicted molar refractivity (Wildman–Crippen MR) is 81.1 cm³/mol. The Hall–Kier alpha value is -1.64. The summed E-state index contributed by atoms with van der Waals surface area (Å²) in [7, 11) is 0. The van der Waals surface area contributed by atoms with Gasteiger partial charge in [0.15, 0.2) is 0 Å². The van der Waals surface area contributed by atoms with Crippen molar-refractivity contribution in [1.29, 1.82) is 0 Å². The van der Waals surface area contributed by atoms with E-state index in [9.17, 15) is 9.59 Å². The number of carbonyl (C=O) groups excluding carboxylic acids is 2. The molecule has 112 valence electrons. The summed E-state index contributed by atoms with van der Waals surface area (Å²) in [5.74, 6) is -0.532. The van der Waals surface area contributed by atoms with E-state index in [2.05, 4.69) is 19.4 Å². The fourth-order valence-corrected chi connectivity index (χ4v) is 2.67. The van der Waals surface area contributed by atoms with Crippen LogP contribution in [0.15, 0.2) is 6.07 Å². The maximum atomic E-state index is 11.8. The molecule has 0 saturated heterocycles. The van der Waals surface area contributed by atoms with Crippen molar-refractivity contribution in [3.63, 3.8) is 0 Å². The van der Waals surface area contributed by atoms with Gasteiger partial charge in [0, 0.05) is 0 Å². The highest BCUT2D eigenvalue weighted by Gasteiger charge is 2.16. The third-order valence-corrected chi connectivity index (χ3v) is 3.50. The summed E-state index contributed by atoms with van der Waals surface area (Å²) in [6.07, 6.45) is 0. The second-order valence-corrected chi connectivity index (χ2v) is 5.13. The average molecular weight is 349 g/mol. The second kappa shape index (κ2) is 6.88. The smallest absolute Gasteiger partial charge is 0.325 e. The number of benzene rings is 1. The van der Waals surface area contributed by atoms with Crippen LogP contribution in [0.3, 0.4) is 0 Å². The van der Waals surface area contributed by atoms with E-state index < -0.39 is 12.0 Å². The van der Waals surface area contributed by atoms with Crippen molar-refractivity contribution in [3.8, 4) is 0 Å². The second-order valence-electron chi connectivity index (χ2n) is 3.79. The molecule has 2 rings (SSSR count). The molecule has 0 spiro atoms. The maximum absolute atomic E-state index is 11.8. The number of esters is 1. The molecule has 2 aromatic rings. The number of nitrogens with one attached hydrogen (secondary N) is 2. The van der Waals surface area contributed by atoms with Gasteiger partial charge in [0.05, 0.1) is 34.1 Å². The summed E-state index contributed by atoms with van der Waals surface area (Å²) in [5, 5.41) is 5.45. The molecule has 0 unspecified atom stereocenters. The minimum Gasteiger partial charge on any atom is -0.465 e. The van der Waals surface area contributed by atoms with Crippen LogP contribution in [0.1, 0.15) is 6.92 Å². The predicted octanol–water partition coefficient (Wildman–Crippen LogP) is 2.68. The van der Waals surface area contributed by atoms with Gasteiger partial charge in [0.25, 0.3) is 0 Å². The lowest BCUT2D eigenvalue weighted by Gasteiger charge is -2.09. The molecule has 1 heterocycles. The Morgan fingerprint density at radius 1 is 1.29 bits per heavy atom. The lowest BCUT2D eigenvalue weighted by atomic mass is 10.2. The molecule has 0 aliphatic rings. The van der Waals surface area contributed by atoms with Crippen LogP contribution < -0.4 is 10.6 Å². The fourth-order valence-electron chi connectivity index (χ4n) is 1.52. The number of urea groups is 1. The summed E-state index contributed by atoms with van der Waals surface area (Å²) in [5.41, 5.74) is 1.13. The van der Waals surface area contributed by atoms with Gasteiger partial charge in [-0.2, -0.15) is 8.75 Å². The Balaban J connectivity index is 2.11. The molecule has 7 nitrogen and oxygen atoms in total. The molecule has 0 atom stereocenters. The molecule has 1 aromatic heterocycles. The highest BCUT2D eigenvalue weighted by atomic mass is 35.5. The molecule has 1 aromatic carbocycles. The van der Waals surface area contributed by atoms with Crippen molar-refractivity contribution in [2.75, 3.05) is 18.5 Å². The summed E-state index contributed by atoms with van der Waals surface area (Å²) in [4.78, 5) is 22.9. The number of amides is 2. The Kier molecular flexibility index (Phi) is 5.16. The average Bonchev–Trinajstić information content (AvgIpc) is 2.91. The van der Waals surface area contributed by atoms with Crippen molar-refractivity contribution in [2.24, 2.45) is 0 Å². The van der Waals surface area contributed by atoms with Gasteiger partial charge >= 0.3 is 12.0 Å². The van der Waals surface area contributed by atoms with E-state index in [4.69, 9.17) is 27.9 Å². The summed E-state index contributed by atoms with van der Waals surface area (Å²) in [6, 6.07) is 0.856. The van der Waals surface area contributed by atoms with Crippen LogP contribution in [0, 0.1) is 0 Å². The molecule has 10 heteroatoms. The van der Waals surface area contributed by atoms with Crippen LogP contribution in [0.25, 0.3) is 11.0 Å². The zero-order chi connectivity index (χ0) is 15.4. The van der Waals surface area contributed by atoms with Gasteiger partial charge in [-0.3, -0.25) is 4.79 Å². The first kappa shape index (κ1) is 15.7. The maximum Gasteiger partial charge on any atom is 0.325 e. The van der Waals surface area contributed by atoms with Crippen LogP contribution >= 0.6 is 34.9 Å². The Bertz CT molecular complexity index is 691. The Morgan fingerprint density at radius 2 is 2.00 bits per heavy atom. The van der Waals surface area contributed by atoms with Crippen molar-refractivity contribution in [1.82, 2.24) is 14.1 Å². The summed E-state index contributed by atoms with van der Waals surface area (Å²) < 4.78 is 12.8. The van der Waals surface area contributed by atoms with E-state index in [0.29, 0.717) is 16.1 Å². The number of hydrogen-bond donors (Lipinski definition) is 2. The number of ether oxygens (including phenoxy) is 1. The van der Waals surface area contributed by atoms with E-state index in [-0.39, 0.29) is 23.9 Å². The first-order valence-corrected chi connectivity index (χ1v) is 7.32. The first-order chi connectivity index (χ1) is 10.0. The quantitative estimate of drug-likeness (QED) is 0.828. The minimum atomic E-state index is -0.610. The molecule has 0 radical (unpaired) electrons. The van der Waals surface area contributed by atoms with Crippen molar-refractivity contribution in [2.45, 2.75) is 6.92 Å². The molecular formula is C11H10Cl2N4O3S. The monoisotopic (exact) mass is 348 g/mol. The third-order valence-electron chi connectivity index (χ3n) is 2.38. The molecule has 0 saturated carbocycles. The highest BCUT2D eigenvalue weighted by molar-refractivity contribution is 7.00. The summed E-state index contributed by atoms with van der Waals surface area (Å²) >= 11 is 13.0. The van der Waals surface area contributed by atoms with Gasteiger partial charge in [-0.05, 0) is 13.0 Å². The first-order valence-electron chi connectivity index (χ1n) is 5.83. The topological polar surface area (TPSA) is 93.2 Å². The van der Waals surface area contributed by atoms with Crippen molar-refractivity contribution in [3.05, 3.63) is 16.1 Å². The third kappa shape index (κ3) is 3.72. The van der Waals surface area contributed by atoms with E-state index in [1.165, 1.54) is 6.07 Å². The van der Waals surface area contributed by atoms with E-state index in [1.54, 1.807) is 6.92 Å². The molecular weight excluding hydrogens is 339 g/mol. The lowest BCUT2D eigenvalue weighted by molar-refractivity contribution is -0.141. The van der Waals surface area contributed by atoms with Gasteiger partial charge in [0.1, 0.15) is 17.6 Å². The molecule has 2 amide bonds. The van der Waals surface area contributed by atoms with Crippen LogP contribution in [0.2, 0.25) is 10.0 Å². The van der Waals surface area contributed by atoms with Crippen molar-refractivity contribution >= 4 is 63.7 Å². The summed E-state index contributed by atoms with van der Waals surface area (Å²) in [6.45, 7) is 1.68. The largest absolute Gasteiger partial charge is 0.465 e. The molecule has 0 bridgehead atoms. The zero-order valence-corrected chi connectivity index (χ0v) is 13.1. The van der Waals surface area contributed by atoms with Crippen LogP contribution in [0.5, 0.6) is 0 Å². The minimum absolute atomic E-state index is 0.228. The zero-order valence-electron chi connectivity index (χ0n) is 10.8. The van der Waals surface area contributed by atoms with Gasteiger partial charge in [0.2, 0.25) is 0 Å². The number of aromatic nitrogens is 2. The van der Waals surface area contributed by atoms with Gasteiger partial charge in [-0.25, -0.2) is 4.79 Å². The van der Waals surface area contributed by atoms with Gasteiger partial charge in [-0.1, -0.05) is 23.2 Å². The molecule has 0 fully saturated rings. The normalized spacial score (nSPS) is 10.4. The van der Waals surface area contributed by atoms with Crippen molar-refractivity contribution < 1.29 is 14.3 Å². The number of hydrogen-bond acceptors (Lipinski definition) is 6. The Morgan fingerprint density at radius 3 is 2.71 bits per heavy atom. The number of nitrogens with zero attached hydrogens (tertiary/aromatic N) is 2.